The molecule has 0 unspecified atom stereocenters. The van der Waals surface area contributed by atoms with Gasteiger partial charge in [-0.1, -0.05) is 13.8 Å². The third kappa shape index (κ3) is 6.04. The Morgan fingerprint density at radius 3 is 2.11 bits per heavy atom. The van der Waals surface area contributed by atoms with Gasteiger partial charge in [0, 0.05) is 24.2 Å². The van der Waals surface area contributed by atoms with E-state index >= 15 is 0 Å². The molecule has 1 saturated heterocycles. The van der Waals surface area contributed by atoms with Crippen molar-refractivity contribution >= 4 is 21.8 Å². The summed E-state index contributed by atoms with van der Waals surface area (Å²) in [6.07, 6.45) is 1.02. The summed E-state index contributed by atoms with van der Waals surface area (Å²) in [4.78, 5) is 24.2. The summed E-state index contributed by atoms with van der Waals surface area (Å²) >= 11 is 0. The maximum atomic E-state index is 12.9. The van der Waals surface area contributed by atoms with Crippen LogP contribution in [0.3, 0.4) is 0 Å². The van der Waals surface area contributed by atoms with E-state index in [-0.39, 0.29) is 22.9 Å². The molecule has 8 heteroatoms. The molecule has 2 rings (SSSR count). The van der Waals surface area contributed by atoms with Gasteiger partial charge in [0.05, 0.1) is 11.4 Å². The Balaban J connectivity index is 2.02. The van der Waals surface area contributed by atoms with Crippen molar-refractivity contribution in [2.45, 2.75) is 51.5 Å². The standard InChI is InChI=1S/C20H31N3O4S/c1-14-10-15(2)13-23(12-14)28(26,27)17-8-6-16(7-9-17)19(25)21-11-18(24)22-20(3,4)5/h6-9,14-15H,10-13H2,1-5H3,(H,21,25)(H,22,24)/t14-,15-/m1/s1. The Bertz CT molecular complexity index is 803. The number of amides is 2. The lowest BCUT2D eigenvalue weighted by Gasteiger charge is -2.34. The van der Waals surface area contributed by atoms with Crippen molar-refractivity contribution in [1.82, 2.24) is 14.9 Å². The zero-order chi connectivity index (χ0) is 21.1. The van der Waals surface area contributed by atoms with Gasteiger partial charge in [0.1, 0.15) is 0 Å². The number of piperidine rings is 1. The molecule has 0 aromatic heterocycles. The maximum absolute atomic E-state index is 12.9. The van der Waals surface area contributed by atoms with Crippen LogP contribution in [0, 0.1) is 11.8 Å². The van der Waals surface area contributed by atoms with Crippen molar-refractivity contribution in [2.24, 2.45) is 11.8 Å². The summed E-state index contributed by atoms with van der Waals surface area (Å²) in [6, 6.07) is 5.84. The fraction of sp³-hybridized carbons (Fsp3) is 0.600. The molecule has 0 radical (unpaired) electrons. The molecule has 1 heterocycles. The minimum Gasteiger partial charge on any atom is -0.350 e. The van der Waals surface area contributed by atoms with Crippen molar-refractivity contribution in [2.75, 3.05) is 19.6 Å². The third-order valence-corrected chi connectivity index (χ3v) is 6.36. The highest BCUT2D eigenvalue weighted by molar-refractivity contribution is 7.89. The number of benzene rings is 1. The van der Waals surface area contributed by atoms with Gasteiger partial charge in [0.2, 0.25) is 15.9 Å². The lowest BCUT2D eigenvalue weighted by Crippen LogP contribution is -2.45. The maximum Gasteiger partial charge on any atom is 0.251 e. The van der Waals surface area contributed by atoms with E-state index in [1.165, 1.54) is 28.6 Å². The predicted octanol–water partition coefficient (Wildman–Crippen LogP) is 2.00. The number of carbonyl (C=O) groups is 2. The molecule has 156 valence electrons. The van der Waals surface area contributed by atoms with E-state index in [2.05, 4.69) is 24.5 Å². The van der Waals surface area contributed by atoms with Crippen molar-refractivity contribution < 1.29 is 18.0 Å². The van der Waals surface area contributed by atoms with Gasteiger partial charge in [-0.25, -0.2) is 8.42 Å². The molecule has 0 aliphatic carbocycles. The molecule has 1 aromatic rings. The average molecular weight is 410 g/mol. The lowest BCUT2D eigenvalue weighted by molar-refractivity contribution is -0.121. The highest BCUT2D eigenvalue weighted by atomic mass is 32.2. The first-order valence-electron chi connectivity index (χ1n) is 9.58. The molecule has 0 saturated carbocycles. The normalized spacial score (nSPS) is 21.2. The molecule has 2 amide bonds. The van der Waals surface area contributed by atoms with Gasteiger partial charge in [-0.05, 0) is 63.3 Å². The molecule has 2 N–H and O–H groups in total. The number of carbonyl (C=O) groups excluding carboxylic acids is 2. The zero-order valence-electron chi connectivity index (χ0n) is 17.3. The van der Waals surface area contributed by atoms with Gasteiger partial charge in [-0.2, -0.15) is 4.31 Å². The van der Waals surface area contributed by atoms with Crippen molar-refractivity contribution in [3.8, 4) is 0 Å². The number of rotatable bonds is 5. The number of hydrogen-bond donors (Lipinski definition) is 2. The Morgan fingerprint density at radius 2 is 1.61 bits per heavy atom. The first-order valence-corrected chi connectivity index (χ1v) is 11.0. The fourth-order valence-electron chi connectivity index (χ4n) is 3.45. The van der Waals surface area contributed by atoms with Crippen LogP contribution in [0.15, 0.2) is 29.2 Å². The highest BCUT2D eigenvalue weighted by Gasteiger charge is 2.31. The minimum absolute atomic E-state index is 0.139. The second-order valence-corrected chi connectivity index (χ2v) is 10.7. The Hall–Kier alpha value is -1.93. The van der Waals surface area contributed by atoms with Gasteiger partial charge in [-0.15, -0.1) is 0 Å². The molecule has 1 aromatic carbocycles. The minimum atomic E-state index is -3.58. The Labute approximate surface area is 167 Å². The summed E-state index contributed by atoms with van der Waals surface area (Å²) in [5, 5.41) is 5.30. The number of sulfonamides is 1. The zero-order valence-corrected chi connectivity index (χ0v) is 18.1. The van der Waals surface area contributed by atoms with Gasteiger partial charge < -0.3 is 10.6 Å². The van der Waals surface area contributed by atoms with Gasteiger partial charge in [0.25, 0.3) is 5.91 Å². The van der Waals surface area contributed by atoms with Crippen molar-refractivity contribution in [3.63, 3.8) is 0 Å². The lowest BCUT2D eigenvalue weighted by atomic mass is 9.94. The molecule has 7 nitrogen and oxygen atoms in total. The molecule has 1 aliphatic heterocycles. The highest BCUT2D eigenvalue weighted by Crippen LogP contribution is 2.26. The van der Waals surface area contributed by atoms with E-state index in [9.17, 15) is 18.0 Å². The Kier molecular flexibility index (Phi) is 6.88. The van der Waals surface area contributed by atoms with Crippen LogP contribution in [-0.4, -0.2) is 49.7 Å². The first kappa shape index (κ1) is 22.4. The smallest absolute Gasteiger partial charge is 0.251 e. The Morgan fingerprint density at radius 1 is 1.07 bits per heavy atom. The van der Waals surface area contributed by atoms with Gasteiger partial charge >= 0.3 is 0 Å². The number of nitrogens with zero attached hydrogens (tertiary/aromatic N) is 1. The van der Waals surface area contributed by atoms with Crippen LogP contribution in [0.4, 0.5) is 0 Å². The fourth-order valence-corrected chi connectivity index (χ4v) is 5.13. The van der Waals surface area contributed by atoms with Crippen LogP contribution in [0.5, 0.6) is 0 Å². The largest absolute Gasteiger partial charge is 0.350 e. The molecule has 1 aliphatic rings. The van der Waals surface area contributed by atoms with Crippen molar-refractivity contribution in [1.29, 1.82) is 0 Å². The molecule has 2 atom stereocenters. The van der Waals surface area contributed by atoms with E-state index in [1.54, 1.807) is 0 Å². The number of hydrogen-bond acceptors (Lipinski definition) is 4. The molecule has 1 fully saturated rings. The van der Waals surface area contributed by atoms with E-state index in [0.717, 1.165) is 6.42 Å². The quantitative estimate of drug-likeness (QED) is 0.777. The van der Waals surface area contributed by atoms with Crippen LogP contribution in [0.25, 0.3) is 0 Å². The van der Waals surface area contributed by atoms with Crippen LogP contribution in [0.2, 0.25) is 0 Å². The van der Waals surface area contributed by atoms with Crippen molar-refractivity contribution in [3.05, 3.63) is 29.8 Å². The molecule has 0 bridgehead atoms. The number of nitrogens with one attached hydrogen (secondary N) is 2. The second-order valence-electron chi connectivity index (χ2n) is 8.77. The van der Waals surface area contributed by atoms with E-state index in [1.807, 2.05) is 20.8 Å². The summed E-state index contributed by atoms with van der Waals surface area (Å²) in [7, 11) is -3.58. The molecular weight excluding hydrogens is 378 g/mol. The van der Waals surface area contributed by atoms with Crippen LogP contribution < -0.4 is 10.6 Å². The predicted molar refractivity (Wildman–Crippen MR) is 108 cm³/mol. The average Bonchev–Trinajstić information content (AvgIpc) is 2.57. The van der Waals surface area contributed by atoms with Crippen LogP contribution >= 0.6 is 0 Å². The van der Waals surface area contributed by atoms with E-state index in [4.69, 9.17) is 0 Å². The molecule has 0 spiro atoms. The molecule has 28 heavy (non-hydrogen) atoms. The summed E-state index contributed by atoms with van der Waals surface area (Å²) in [6.45, 7) is 10.6. The van der Waals surface area contributed by atoms with Crippen LogP contribution in [-0.2, 0) is 14.8 Å². The molecular formula is C20H31N3O4S. The van der Waals surface area contributed by atoms with E-state index in [0.29, 0.717) is 30.5 Å². The topological polar surface area (TPSA) is 95.6 Å². The third-order valence-electron chi connectivity index (χ3n) is 4.51. The SMILES string of the molecule is C[C@@H]1C[C@@H](C)CN(S(=O)(=O)c2ccc(C(=O)NCC(=O)NC(C)(C)C)cc2)C1. The van der Waals surface area contributed by atoms with Gasteiger partial charge in [-0.3, -0.25) is 9.59 Å². The summed E-state index contributed by atoms with van der Waals surface area (Å²) in [5.74, 6) is -0.0627. The van der Waals surface area contributed by atoms with Crippen LogP contribution in [0.1, 0.15) is 51.4 Å². The summed E-state index contributed by atoms with van der Waals surface area (Å²) in [5.41, 5.74) is -0.0655. The van der Waals surface area contributed by atoms with E-state index < -0.39 is 15.9 Å². The second kappa shape index (κ2) is 8.61. The van der Waals surface area contributed by atoms with Gasteiger partial charge in [0.15, 0.2) is 0 Å². The monoisotopic (exact) mass is 409 g/mol. The summed E-state index contributed by atoms with van der Waals surface area (Å²) < 4.78 is 27.3. The first-order chi connectivity index (χ1) is 12.9.